The molecule has 138 valence electrons. The van der Waals surface area contributed by atoms with Gasteiger partial charge in [0, 0.05) is 5.02 Å². The van der Waals surface area contributed by atoms with Crippen molar-refractivity contribution >= 4 is 23.3 Å². The molecule has 1 atom stereocenters. The van der Waals surface area contributed by atoms with Crippen LogP contribution in [0.15, 0.2) is 54.6 Å². The molecule has 1 aromatic heterocycles. The van der Waals surface area contributed by atoms with Crippen molar-refractivity contribution in [2.45, 2.75) is 26.8 Å². The molecular weight excluding hydrogens is 362 g/mol. The Morgan fingerprint density at radius 1 is 1.04 bits per heavy atom. The number of rotatable bonds is 5. The third-order valence-electron chi connectivity index (χ3n) is 4.44. The minimum Gasteiger partial charge on any atom is -0.343 e. The molecule has 2 aromatic carbocycles. The highest BCUT2D eigenvalue weighted by Crippen LogP contribution is 2.20. The maximum absolute atomic E-state index is 12.8. The fourth-order valence-corrected chi connectivity index (χ4v) is 3.13. The number of ketones is 1. The summed E-state index contributed by atoms with van der Waals surface area (Å²) in [5.41, 5.74) is 3.20. The van der Waals surface area contributed by atoms with Crippen LogP contribution in [0.25, 0.3) is 5.69 Å². The molecule has 1 amide bonds. The molecule has 3 rings (SSSR count). The van der Waals surface area contributed by atoms with E-state index in [0.717, 1.165) is 11.3 Å². The molecule has 0 fully saturated rings. The first-order valence-electron chi connectivity index (χ1n) is 8.60. The molecule has 0 saturated heterocycles. The molecule has 0 saturated carbocycles. The van der Waals surface area contributed by atoms with E-state index in [2.05, 4.69) is 10.4 Å². The predicted octanol–water partition coefficient (Wildman–Crippen LogP) is 4.20. The summed E-state index contributed by atoms with van der Waals surface area (Å²) in [7, 11) is 0. The number of nitrogens with one attached hydrogen (secondary N) is 1. The average molecular weight is 382 g/mol. The van der Waals surface area contributed by atoms with Gasteiger partial charge in [0.15, 0.2) is 0 Å². The van der Waals surface area contributed by atoms with Gasteiger partial charge in [0.25, 0.3) is 11.7 Å². The first-order chi connectivity index (χ1) is 12.9. The number of aryl methyl sites for hydroxylation is 1. The first kappa shape index (κ1) is 18.9. The van der Waals surface area contributed by atoms with E-state index >= 15 is 0 Å². The minimum absolute atomic E-state index is 0.316. The number of hydrogen-bond acceptors (Lipinski definition) is 3. The highest BCUT2D eigenvalue weighted by Gasteiger charge is 2.26. The van der Waals surface area contributed by atoms with Crippen molar-refractivity contribution in [3.63, 3.8) is 0 Å². The van der Waals surface area contributed by atoms with E-state index in [1.165, 1.54) is 0 Å². The van der Waals surface area contributed by atoms with Crippen LogP contribution in [0.4, 0.5) is 0 Å². The second kappa shape index (κ2) is 7.76. The number of carbonyl (C=O) groups excluding carboxylic acids is 2. The Bertz CT molecular complexity index is 979. The Hall–Kier alpha value is -2.92. The summed E-state index contributed by atoms with van der Waals surface area (Å²) in [6.45, 7) is 5.34. The van der Waals surface area contributed by atoms with Crippen LogP contribution in [-0.4, -0.2) is 21.5 Å². The van der Waals surface area contributed by atoms with Crippen molar-refractivity contribution in [1.82, 2.24) is 15.1 Å². The van der Waals surface area contributed by atoms with Gasteiger partial charge in [-0.15, -0.1) is 0 Å². The first-order valence-corrected chi connectivity index (χ1v) is 8.98. The van der Waals surface area contributed by atoms with Gasteiger partial charge < -0.3 is 5.32 Å². The minimum atomic E-state index is -0.656. The molecule has 0 unspecified atom stereocenters. The third-order valence-corrected chi connectivity index (χ3v) is 4.69. The van der Waals surface area contributed by atoms with E-state index in [1.807, 2.05) is 49.4 Å². The van der Waals surface area contributed by atoms with Gasteiger partial charge in [-0.3, -0.25) is 9.59 Å². The Morgan fingerprint density at radius 3 is 2.30 bits per heavy atom. The van der Waals surface area contributed by atoms with Gasteiger partial charge >= 0.3 is 0 Å². The molecule has 0 aliphatic carbocycles. The summed E-state index contributed by atoms with van der Waals surface area (Å²) < 4.78 is 1.68. The largest absolute Gasteiger partial charge is 0.343 e. The zero-order chi connectivity index (χ0) is 19.6. The Labute approximate surface area is 163 Å². The van der Waals surface area contributed by atoms with Crippen LogP contribution < -0.4 is 5.32 Å². The molecule has 3 aromatic rings. The van der Waals surface area contributed by atoms with Crippen molar-refractivity contribution in [1.29, 1.82) is 0 Å². The van der Waals surface area contributed by atoms with Crippen molar-refractivity contribution in [2.24, 2.45) is 0 Å². The number of halogens is 1. The van der Waals surface area contributed by atoms with E-state index in [4.69, 9.17) is 11.6 Å². The number of nitrogens with zero attached hydrogens (tertiary/aromatic N) is 2. The molecule has 6 heteroatoms. The molecule has 5 nitrogen and oxygen atoms in total. The number of para-hydroxylation sites is 1. The average Bonchev–Trinajstić information content (AvgIpc) is 2.96. The second-order valence-electron chi connectivity index (χ2n) is 6.37. The Balaban J connectivity index is 1.82. The fraction of sp³-hybridized carbons (Fsp3) is 0.190. The quantitative estimate of drug-likeness (QED) is 0.532. The number of benzene rings is 2. The highest BCUT2D eigenvalue weighted by atomic mass is 35.5. The van der Waals surface area contributed by atoms with Crippen molar-refractivity contribution in [2.75, 3.05) is 0 Å². The highest BCUT2D eigenvalue weighted by molar-refractivity contribution is 6.43. The molecule has 0 bridgehead atoms. The Kier molecular flexibility index (Phi) is 5.42. The van der Waals surface area contributed by atoms with Gasteiger partial charge in [0.2, 0.25) is 0 Å². The molecular formula is C21H20ClN3O2. The standard InChI is InChI=1S/C21H20ClN3O2/c1-13(16-9-11-17(22)12-10-16)23-21(27)20(26)19-14(2)24-25(15(19)3)18-7-5-4-6-8-18/h4-13H,1-3H3,(H,23,27)/t13-/m0/s1. The van der Waals surface area contributed by atoms with Crippen LogP contribution in [0.1, 0.15) is 40.3 Å². The lowest BCUT2D eigenvalue weighted by molar-refractivity contribution is -0.117. The van der Waals surface area contributed by atoms with E-state index in [-0.39, 0.29) is 6.04 Å². The molecule has 27 heavy (non-hydrogen) atoms. The molecule has 1 N–H and O–H groups in total. The smallest absolute Gasteiger partial charge is 0.293 e. The second-order valence-corrected chi connectivity index (χ2v) is 6.81. The normalized spacial score (nSPS) is 11.9. The van der Waals surface area contributed by atoms with Gasteiger partial charge in [0.1, 0.15) is 0 Å². The van der Waals surface area contributed by atoms with Gasteiger partial charge in [-0.1, -0.05) is 41.9 Å². The van der Waals surface area contributed by atoms with Crippen LogP contribution in [0, 0.1) is 13.8 Å². The van der Waals surface area contributed by atoms with Crippen LogP contribution in [0.5, 0.6) is 0 Å². The summed E-state index contributed by atoms with van der Waals surface area (Å²) in [6, 6.07) is 16.3. The zero-order valence-corrected chi connectivity index (χ0v) is 16.1. The van der Waals surface area contributed by atoms with E-state index in [9.17, 15) is 9.59 Å². The van der Waals surface area contributed by atoms with Crippen LogP contribution in [-0.2, 0) is 4.79 Å². The zero-order valence-electron chi connectivity index (χ0n) is 15.4. The molecule has 0 aliphatic rings. The lowest BCUT2D eigenvalue weighted by Crippen LogP contribution is -2.33. The third kappa shape index (κ3) is 3.93. The lowest BCUT2D eigenvalue weighted by atomic mass is 10.1. The summed E-state index contributed by atoms with van der Waals surface area (Å²) in [5.74, 6) is -1.25. The number of Topliss-reactive ketones (excluding diaryl/α,β-unsaturated/α-hetero) is 1. The van der Waals surface area contributed by atoms with Crippen molar-refractivity contribution < 1.29 is 9.59 Å². The predicted molar refractivity (Wildman–Crippen MR) is 105 cm³/mol. The number of aromatic nitrogens is 2. The van der Waals surface area contributed by atoms with E-state index < -0.39 is 11.7 Å². The molecule has 0 aliphatic heterocycles. The number of amides is 1. The Morgan fingerprint density at radius 2 is 1.67 bits per heavy atom. The number of hydrogen-bond donors (Lipinski definition) is 1. The van der Waals surface area contributed by atoms with Crippen molar-refractivity contribution in [3.8, 4) is 5.69 Å². The summed E-state index contributed by atoms with van der Waals surface area (Å²) in [5, 5.41) is 7.80. The van der Waals surface area contributed by atoms with Gasteiger partial charge in [0.05, 0.1) is 28.7 Å². The summed E-state index contributed by atoms with van der Waals surface area (Å²) in [4.78, 5) is 25.3. The molecule has 1 heterocycles. The van der Waals surface area contributed by atoms with E-state index in [0.29, 0.717) is 22.0 Å². The maximum Gasteiger partial charge on any atom is 0.293 e. The van der Waals surface area contributed by atoms with Crippen LogP contribution in [0.3, 0.4) is 0 Å². The maximum atomic E-state index is 12.8. The van der Waals surface area contributed by atoms with Crippen LogP contribution >= 0.6 is 11.6 Å². The molecule has 0 radical (unpaired) electrons. The monoisotopic (exact) mass is 381 g/mol. The lowest BCUT2D eigenvalue weighted by Gasteiger charge is -2.14. The molecule has 0 spiro atoms. The topological polar surface area (TPSA) is 64.0 Å². The van der Waals surface area contributed by atoms with Gasteiger partial charge in [-0.2, -0.15) is 5.10 Å². The van der Waals surface area contributed by atoms with Crippen LogP contribution in [0.2, 0.25) is 5.02 Å². The number of carbonyl (C=O) groups is 2. The summed E-state index contributed by atoms with van der Waals surface area (Å²) in [6.07, 6.45) is 0. The van der Waals surface area contributed by atoms with Gasteiger partial charge in [-0.25, -0.2) is 4.68 Å². The fourth-order valence-electron chi connectivity index (χ4n) is 3.00. The van der Waals surface area contributed by atoms with E-state index in [1.54, 1.807) is 30.7 Å². The van der Waals surface area contributed by atoms with Crippen molar-refractivity contribution in [3.05, 3.63) is 82.1 Å². The summed E-state index contributed by atoms with van der Waals surface area (Å²) >= 11 is 5.89. The SMILES string of the molecule is Cc1nn(-c2ccccc2)c(C)c1C(=O)C(=O)N[C@@H](C)c1ccc(Cl)cc1. The van der Waals surface area contributed by atoms with Gasteiger partial charge in [-0.05, 0) is 50.6 Å².